The van der Waals surface area contributed by atoms with Crippen LogP contribution in [0.4, 0.5) is 10.1 Å². The standard InChI is InChI=1S/C31H33FN4O3/c1-38-28-12-11-20(17-21(28)19-35-13-15-36(16-14-35)27-10-6-4-8-24(27)32)29-30-23(18-26(34-29)31(37)39-2)22-7-3-5-9-25(22)33-30/h3-12,17,26,29,33-34H,13-16,18-19H2,1-2H3/t26-,29-/m0/s1. The van der Waals surface area contributed by atoms with E-state index < -0.39 is 6.04 Å². The van der Waals surface area contributed by atoms with E-state index >= 15 is 0 Å². The molecule has 0 bridgehead atoms. The van der Waals surface area contributed by atoms with Gasteiger partial charge in [-0.3, -0.25) is 15.0 Å². The molecule has 7 nitrogen and oxygen atoms in total. The van der Waals surface area contributed by atoms with Crippen molar-refractivity contribution in [3.8, 4) is 5.75 Å². The molecular weight excluding hydrogens is 495 g/mol. The van der Waals surface area contributed by atoms with Crippen molar-refractivity contribution in [3.05, 3.63) is 94.9 Å². The maximum Gasteiger partial charge on any atom is 0.323 e. The van der Waals surface area contributed by atoms with Crippen LogP contribution in [0.3, 0.4) is 0 Å². The first-order valence-corrected chi connectivity index (χ1v) is 13.4. The summed E-state index contributed by atoms with van der Waals surface area (Å²) in [6.45, 7) is 3.87. The zero-order valence-corrected chi connectivity index (χ0v) is 22.2. The Morgan fingerprint density at radius 2 is 1.77 bits per heavy atom. The van der Waals surface area contributed by atoms with Gasteiger partial charge in [-0.1, -0.05) is 36.4 Å². The number of hydrogen-bond acceptors (Lipinski definition) is 6. The van der Waals surface area contributed by atoms with Gasteiger partial charge in [0.1, 0.15) is 17.6 Å². The van der Waals surface area contributed by atoms with Crippen LogP contribution >= 0.6 is 0 Å². The van der Waals surface area contributed by atoms with Crippen molar-refractivity contribution < 1.29 is 18.7 Å². The average Bonchev–Trinajstić information content (AvgIpc) is 3.36. The van der Waals surface area contributed by atoms with Gasteiger partial charge in [-0.15, -0.1) is 0 Å². The molecule has 0 radical (unpaired) electrons. The van der Waals surface area contributed by atoms with E-state index in [0.717, 1.165) is 71.8 Å². The molecule has 1 aromatic heterocycles. The molecule has 1 saturated heterocycles. The van der Waals surface area contributed by atoms with E-state index in [1.54, 1.807) is 13.2 Å². The molecule has 202 valence electrons. The molecular formula is C31H33FN4O3. The molecule has 6 rings (SSSR count). The van der Waals surface area contributed by atoms with Gasteiger partial charge >= 0.3 is 5.97 Å². The molecule has 2 aliphatic heterocycles. The maximum atomic E-state index is 14.3. The van der Waals surface area contributed by atoms with Gasteiger partial charge in [-0.05, 0) is 41.5 Å². The van der Waals surface area contributed by atoms with E-state index in [9.17, 15) is 9.18 Å². The average molecular weight is 529 g/mol. The van der Waals surface area contributed by atoms with Crippen molar-refractivity contribution in [2.45, 2.75) is 25.0 Å². The molecule has 39 heavy (non-hydrogen) atoms. The maximum absolute atomic E-state index is 14.3. The molecule has 3 heterocycles. The van der Waals surface area contributed by atoms with E-state index in [1.807, 2.05) is 30.3 Å². The first-order valence-electron chi connectivity index (χ1n) is 13.4. The third-order valence-electron chi connectivity index (χ3n) is 7.99. The fourth-order valence-corrected chi connectivity index (χ4v) is 5.99. The summed E-state index contributed by atoms with van der Waals surface area (Å²) in [5.41, 5.74) is 6.07. The van der Waals surface area contributed by atoms with Crippen molar-refractivity contribution >= 4 is 22.6 Å². The third kappa shape index (κ3) is 4.86. The second-order valence-corrected chi connectivity index (χ2v) is 10.2. The predicted molar refractivity (Wildman–Crippen MR) is 150 cm³/mol. The molecule has 0 spiro atoms. The topological polar surface area (TPSA) is 69.8 Å². The summed E-state index contributed by atoms with van der Waals surface area (Å²) in [7, 11) is 3.12. The minimum absolute atomic E-state index is 0.179. The van der Waals surface area contributed by atoms with Crippen LogP contribution in [0.15, 0.2) is 66.7 Å². The van der Waals surface area contributed by atoms with Crippen LogP contribution in [0.25, 0.3) is 10.9 Å². The van der Waals surface area contributed by atoms with Crippen molar-refractivity contribution in [1.82, 2.24) is 15.2 Å². The molecule has 8 heteroatoms. The van der Waals surface area contributed by atoms with Crippen molar-refractivity contribution in [1.29, 1.82) is 0 Å². The summed E-state index contributed by atoms with van der Waals surface area (Å²) in [5, 5.41) is 4.67. The first kappa shape index (κ1) is 25.4. The molecule has 0 aliphatic carbocycles. The lowest BCUT2D eigenvalue weighted by Crippen LogP contribution is -2.46. The van der Waals surface area contributed by atoms with Crippen LogP contribution in [0.2, 0.25) is 0 Å². The van der Waals surface area contributed by atoms with E-state index in [0.29, 0.717) is 12.1 Å². The number of H-pyrrole nitrogens is 1. The number of methoxy groups -OCH3 is 2. The molecule has 0 amide bonds. The molecule has 0 unspecified atom stereocenters. The van der Waals surface area contributed by atoms with Gasteiger partial charge in [0.15, 0.2) is 0 Å². The van der Waals surface area contributed by atoms with Gasteiger partial charge in [0.2, 0.25) is 0 Å². The highest BCUT2D eigenvalue weighted by atomic mass is 19.1. The predicted octanol–water partition coefficient (Wildman–Crippen LogP) is 4.41. The van der Waals surface area contributed by atoms with Crippen molar-refractivity contribution in [2.24, 2.45) is 0 Å². The minimum atomic E-state index is -0.441. The van der Waals surface area contributed by atoms with E-state index in [2.05, 4.69) is 44.4 Å². The van der Waals surface area contributed by atoms with Crippen molar-refractivity contribution in [2.75, 3.05) is 45.3 Å². The van der Waals surface area contributed by atoms with Gasteiger partial charge in [-0.25, -0.2) is 4.39 Å². The number of aromatic nitrogens is 1. The Hall–Kier alpha value is -3.88. The SMILES string of the molecule is COC(=O)[C@@H]1Cc2c([nH]c3ccccc23)[C@H](c2ccc(OC)c(CN3CCN(c4ccccc4F)CC3)c2)N1. The molecule has 1 fully saturated rings. The van der Waals surface area contributed by atoms with Crippen LogP contribution in [0.5, 0.6) is 5.75 Å². The highest BCUT2D eigenvalue weighted by Crippen LogP contribution is 2.37. The minimum Gasteiger partial charge on any atom is -0.496 e. The van der Waals surface area contributed by atoms with E-state index in [4.69, 9.17) is 9.47 Å². The quantitative estimate of drug-likeness (QED) is 0.361. The smallest absolute Gasteiger partial charge is 0.323 e. The van der Waals surface area contributed by atoms with Crippen LogP contribution in [-0.2, 0) is 22.5 Å². The highest BCUT2D eigenvalue weighted by molar-refractivity contribution is 5.87. The fourth-order valence-electron chi connectivity index (χ4n) is 5.99. The number of ether oxygens (including phenoxy) is 2. The Morgan fingerprint density at radius 3 is 2.54 bits per heavy atom. The molecule has 3 aromatic carbocycles. The lowest BCUT2D eigenvalue weighted by molar-refractivity contribution is -0.143. The number of carbonyl (C=O) groups is 1. The summed E-state index contributed by atoms with van der Waals surface area (Å²) in [6.07, 6.45) is 0.567. The van der Waals surface area contributed by atoms with Gasteiger partial charge in [0.25, 0.3) is 0 Å². The number of esters is 1. The number of nitrogens with zero attached hydrogens (tertiary/aromatic N) is 2. The summed E-state index contributed by atoms with van der Waals surface area (Å²) >= 11 is 0. The van der Waals surface area contributed by atoms with Crippen LogP contribution in [-0.4, -0.2) is 62.3 Å². The van der Waals surface area contributed by atoms with Gasteiger partial charge in [0, 0.05) is 61.3 Å². The number of benzene rings is 3. The Morgan fingerprint density at radius 1 is 1.00 bits per heavy atom. The number of halogens is 1. The largest absolute Gasteiger partial charge is 0.496 e. The van der Waals surface area contributed by atoms with Crippen LogP contribution in [0, 0.1) is 5.82 Å². The van der Waals surface area contributed by atoms with Crippen molar-refractivity contribution in [3.63, 3.8) is 0 Å². The number of carbonyl (C=O) groups excluding carboxylic acids is 1. The number of rotatable bonds is 6. The number of aromatic amines is 1. The molecule has 2 aliphatic rings. The van der Waals surface area contributed by atoms with E-state index in [1.165, 1.54) is 13.2 Å². The normalized spacial score (nSPS) is 19.6. The lowest BCUT2D eigenvalue weighted by atomic mass is 9.89. The summed E-state index contributed by atoms with van der Waals surface area (Å²) in [5.74, 6) is 0.381. The first-order chi connectivity index (χ1) is 19.1. The Balaban J connectivity index is 1.27. The Bertz CT molecular complexity index is 1490. The third-order valence-corrected chi connectivity index (χ3v) is 7.99. The Labute approximate surface area is 227 Å². The number of anilines is 1. The molecule has 4 aromatic rings. The van der Waals surface area contributed by atoms with Crippen LogP contribution < -0.4 is 15.0 Å². The Kier molecular flexibility index (Phi) is 6.97. The number of fused-ring (bicyclic) bond motifs is 3. The summed E-state index contributed by atoms with van der Waals surface area (Å²) < 4.78 is 25.2. The molecule has 2 atom stereocenters. The van der Waals surface area contributed by atoms with Gasteiger partial charge in [0.05, 0.1) is 25.9 Å². The second kappa shape index (κ2) is 10.7. The molecule has 0 saturated carbocycles. The van der Waals surface area contributed by atoms with Crippen LogP contribution in [0.1, 0.15) is 28.4 Å². The molecule has 2 N–H and O–H groups in total. The number of piperazine rings is 1. The lowest BCUT2D eigenvalue weighted by Gasteiger charge is -2.36. The number of hydrogen-bond donors (Lipinski definition) is 2. The summed E-state index contributed by atoms with van der Waals surface area (Å²) in [4.78, 5) is 20.7. The fraction of sp³-hybridized carbons (Fsp3) is 0.323. The zero-order chi connectivity index (χ0) is 26.9. The zero-order valence-electron chi connectivity index (χ0n) is 22.2. The van der Waals surface area contributed by atoms with Gasteiger partial charge < -0.3 is 19.4 Å². The number of nitrogens with one attached hydrogen (secondary N) is 2. The monoisotopic (exact) mass is 528 g/mol. The van der Waals surface area contributed by atoms with Gasteiger partial charge in [-0.2, -0.15) is 0 Å². The summed E-state index contributed by atoms with van der Waals surface area (Å²) in [6, 6.07) is 20.8. The van der Waals surface area contributed by atoms with E-state index in [-0.39, 0.29) is 17.8 Å². The second-order valence-electron chi connectivity index (χ2n) is 10.2. The highest BCUT2D eigenvalue weighted by Gasteiger charge is 2.35. The number of para-hydroxylation sites is 2.